The van der Waals surface area contributed by atoms with Crippen LogP contribution in [0.1, 0.15) is 93.6 Å². The van der Waals surface area contributed by atoms with E-state index in [4.69, 9.17) is 9.98 Å². The summed E-state index contributed by atoms with van der Waals surface area (Å²) >= 11 is 0. The van der Waals surface area contributed by atoms with Crippen LogP contribution in [0.15, 0.2) is 199 Å². The summed E-state index contributed by atoms with van der Waals surface area (Å²) in [4.78, 5) is 11.6. The Kier molecular flexibility index (Phi) is 12.9. The van der Waals surface area contributed by atoms with E-state index >= 15 is 0 Å². The SMILES string of the molecule is Cc1cc(C)c(/C(=C2\C=CC(C(c3ccccc3)(c3ccccc3)c3ccccc3)=N2)c2ccc(C(c3ccccc3)(c3ccccc3)C3CCCCC3)[n-]2)c(C)c1.[CH3-].[Ni+2]. The molecule has 1 aromatic heterocycles. The summed E-state index contributed by atoms with van der Waals surface area (Å²) in [5.74, 6) is 0.423. The van der Waals surface area contributed by atoms with Crippen molar-refractivity contribution in [3.05, 3.63) is 263 Å². The van der Waals surface area contributed by atoms with Crippen molar-refractivity contribution in [2.24, 2.45) is 10.9 Å². The molecule has 7 aromatic rings. The Morgan fingerprint density at radius 1 is 0.533 bits per heavy atom. The summed E-state index contributed by atoms with van der Waals surface area (Å²) in [6.45, 7) is 6.67. The third kappa shape index (κ3) is 7.39. The zero-order valence-electron chi connectivity index (χ0n) is 35.2. The van der Waals surface area contributed by atoms with Crippen molar-refractivity contribution in [2.45, 2.75) is 63.7 Å². The average Bonchev–Trinajstić information content (AvgIpc) is 3.97. The number of benzene rings is 6. The van der Waals surface area contributed by atoms with Crippen LogP contribution in [0, 0.1) is 34.1 Å². The third-order valence-corrected chi connectivity index (χ3v) is 12.8. The second kappa shape index (κ2) is 18.2. The first-order valence-electron chi connectivity index (χ1n) is 21.0. The van der Waals surface area contributed by atoms with Crippen LogP contribution in [0.3, 0.4) is 0 Å². The van der Waals surface area contributed by atoms with Crippen LogP contribution in [-0.4, -0.2) is 5.71 Å². The maximum absolute atomic E-state index is 5.84. The molecule has 0 spiro atoms. The fraction of sp³-hybridized carbons (Fsp3) is 0.193. The number of aryl methyl sites for hydroxylation is 3. The van der Waals surface area contributed by atoms with Gasteiger partial charge in [0.05, 0.1) is 16.8 Å². The maximum atomic E-state index is 5.84. The number of nitrogens with zero attached hydrogens (tertiary/aromatic N) is 2. The Morgan fingerprint density at radius 2 is 0.967 bits per heavy atom. The fourth-order valence-electron chi connectivity index (χ4n) is 10.5. The van der Waals surface area contributed by atoms with Gasteiger partial charge in [-0.2, -0.15) is 0 Å². The van der Waals surface area contributed by atoms with E-state index in [2.05, 4.69) is 209 Å². The van der Waals surface area contributed by atoms with Crippen LogP contribution in [0.4, 0.5) is 0 Å². The summed E-state index contributed by atoms with van der Waals surface area (Å²) in [6, 6.07) is 64.2. The number of allylic oxidation sites excluding steroid dienone is 2. The molecule has 302 valence electrons. The molecule has 60 heavy (non-hydrogen) atoms. The van der Waals surface area contributed by atoms with Gasteiger partial charge in [0.25, 0.3) is 0 Å². The molecule has 0 saturated heterocycles. The number of hydrogen-bond acceptors (Lipinski definition) is 1. The van der Waals surface area contributed by atoms with E-state index in [0.29, 0.717) is 5.92 Å². The second-order valence-electron chi connectivity index (χ2n) is 16.3. The van der Waals surface area contributed by atoms with E-state index in [9.17, 15) is 0 Å². The molecule has 0 bridgehead atoms. The first-order chi connectivity index (χ1) is 28.5. The standard InChI is InChI=1S/C56H51N2.CH3.Ni/c1-40-38-41(2)53(42(3)39-40)54(49-34-36-51(57-49)55(43-22-10-4-11-23-43,44-24-12-5-13-25-44)45-26-14-6-15-27-45)50-35-37-52(58-50)56(46-28-16-7-17-29-46,47-30-18-8-19-31-47)48-32-20-9-21-33-48;;/h4-8,10-19,22-31,34-39,48H,9,20-21,32-33H2,1-3H3;1H3;/q2*-1;+2/b54-49+;;. The summed E-state index contributed by atoms with van der Waals surface area (Å²) < 4.78 is 0. The number of aromatic nitrogens is 1. The third-order valence-electron chi connectivity index (χ3n) is 12.8. The Hall–Kier alpha value is -5.76. The van der Waals surface area contributed by atoms with Crippen molar-refractivity contribution in [1.29, 1.82) is 0 Å². The number of rotatable bonds is 10. The second-order valence-corrected chi connectivity index (χ2v) is 16.3. The predicted octanol–water partition coefficient (Wildman–Crippen LogP) is 13.7. The minimum absolute atomic E-state index is 0. The van der Waals surface area contributed by atoms with Crippen molar-refractivity contribution in [3.8, 4) is 0 Å². The van der Waals surface area contributed by atoms with Crippen molar-refractivity contribution in [1.82, 2.24) is 4.98 Å². The van der Waals surface area contributed by atoms with Gasteiger partial charge >= 0.3 is 16.5 Å². The molecule has 2 nitrogen and oxygen atoms in total. The Morgan fingerprint density at radius 3 is 1.42 bits per heavy atom. The molecule has 0 unspecified atom stereocenters. The molecule has 2 heterocycles. The zero-order valence-corrected chi connectivity index (χ0v) is 36.2. The Labute approximate surface area is 368 Å². The average molecular weight is 826 g/mol. The summed E-state index contributed by atoms with van der Waals surface area (Å²) in [7, 11) is 0. The van der Waals surface area contributed by atoms with Crippen molar-refractivity contribution in [2.75, 3.05) is 0 Å². The molecule has 1 fully saturated rings. The van der Waals surface area contributed by atoms with Crippen molar-refractivity contribution < 1.29 is 16.5 Å². The predicted molar refractivity (Wildman–Crippen MR) is 248 cm³/mol. The first kappa shape index (κ1) is 42.4. The Balaban J connectivity index is 0.00000272. The van der Waals surface area contributed by atoms with Gasteiger partial charge in [-0.15, -0.1) is 11.4 Å². The first-order valence-corrected chi connectivity index (χ1v) is 21.0. The van der Waals surface area contributed by atoms with E-state index in [1.165, 1.54) is 82.2 Å². The van der Waals surface area contributed by atoms with Crippen LogP contribution in [0.5, 0.6) is 0 Å². The minimum Gasteiger partial charge on any atom is -0.660 e. The molecule has 0 N–H and O–H groups in total. The summed E-state index contributed by atoms with van der Waals surface area (Å²) in [5.41, 5.74) is 15.1. The molecule has 0 atom stereocenters. The van der Waals surface area contributed by atoms with Crippen molar-refractivity contribution in [3.63, 3.8) is 0 Å². The molecule has 3 heteroatoms. The van der Waals surface area contributed by atoms with Crippen LogP contribution >= 0.6 is 0 Å². The topological polar surface area (TPSA) is 26.5 Å². The van der Waals surface area contributed by atoms with Gasteiger partial charge in [0, 0.05) is 5.41 Å². The molecule has 1 aliphatic carbocycles. The molecule has 0 radical (unpaired) electrons. The van der Waals surface area contributed by atoms with Crippen molar-refractivity contribution >= 4 is 11.3 Å². The monoisotopic (exact) mass is 824 g/mol. The number of aliphatic imine (C=N–C) groups is 1. The molecule has 1 aliphatic heterocycles. The van der Waals surface area contributed by atoms with Crippen LogP contribution < -0.4 is 4.98 Å². The van der Waals surface area contributed by atoms with E-state index in [0.717, 1.165) is 28.4 Å². The maximum Gasteiger partial charge on any atom is 2.00 e. The van der Waals surface area contributed by atoms with Crippen LogP contribution in [-0.2, 0) is 27.3 Å². The van der Waals surface area contributed by atoms with E-state index in [1.807, 2.05) is 0 Å². The molecule has 1 saturated carbocycles. The van der Waals surface area contributed by atoms with E-state index in [1.54, 1.807) is 0 Å². The molecule has 2 aliphatic rings. The molecular weight excluding hydrogens is 771 g/mol. The van der Waals surface area contributed by atoms with Gasteiger partial charge in [-0.05, 0) is 102 Å². The largest absolute Gasteiger partial charge is 2.00 e. The quantitative estimate of drug-likeness (QED) is 0.0766. The Bertz CT molecular complexity index is 2440. The fourth-order valence-corrected chi connectivity index (χ4v) is 10.5. The van der Waals surface area contributed by atoms with Gasteiger partial charge < -0.3 is 12.4 Å². The van der Waals surface area contributed by atoms with Crippen LogP contribution in [0.2, 0.25) is 0 Å². The smallest absolute Gasteiger partial charge is 0.660 e. The van der Waals surface area contributed by atoms with Gasteiger partial charge in [-0.3, -0.25) is 4.99 Å². The minimum atomic E-state index is -0.647. The molecule has 9 rings (SSSR count). The summed E-state index contributed by atoms with van der Waals surface area (Å²) in [6.07, 6.45) is 10.6. The van der Waals surface area contributed by atoms with Crippen LogP contribution in [0.25, 0.3) is 5.57 Å². The zero-order chi connectivity index (χ0) is 39.5. The van der Waals surface area contributed by atoms with E-state index < -0.39 is 10.8 Å². The van der Waals surface area contributed by atoms with E-state index in [-0.39, 0.29) is 23.9 Å². The van der Waals surface area contributed by atoms with Gasteiger partial charge in [-0.25, -0.2) is 0 Å². The van der Waals surface area contributed by atoms with Gasteiger partial charge in [0.1, 0.15) is 0 Å². The molecule has 6 aromatic carbocycles. The normalized spacial score (nSPS) is 15.2. The number of hydrogen-bond donors (Lipinski definition) is 0. The molecule has 0 amide bonds. The van der Waals surface area contributed by atoms with Gasteiger partial charge in [0.15, 0.2) is 0 Å². The van der Waals surface area contributed by atoms with Gasteiger partial charge in [0.2, 0.25) is 0 Å². The summed E-state index contributed by atoms with van der Waals surface area (Å²) in [5, 5.41) is 0. The van der Waals surface area contributed by atoms with Gasteiger partial charge in [-0.1, -0.05) is 201 Å². The molecular formula is C57H54N2Ni.